The number of hydrogen-bond donors (Lipinski definition) is 1. The predicted octanol–water partition coefficient (Wildman–Crippen LogP) is 4.60. The van der Waals surface area contributed by atoms with Crippen LogP contribution in [0.1, 0.15) is 12.5 Å². The fourth-order valence-corrected chi connectivity index (χ4v) is 2.49. The molecule has 0 radical (unpaired) electrons. The van der Waals surface area contributed by atoms with Gasteiger partial charge in [-0.05, 0) is 52.7 Å². The van der Waals surface area contributed by atoms with Crippen molar-refractivity contribution in [2.45, 2.75) is 6.92 Å². The van der Waals surface area contributed by atoms with Crippen molar-refractivity contribution in [1.29, 1.82) is 0 Å². The van der Waals surface area contributed by atoms with Gasteiger partial charge in [0.1, 0.15) is 11.5 Å². The molecule has 6 heteroatoms. The van der Waals surface area contributed by atoms with Crippen LogP contribution >= 0.6 is 15.9 Å². The third-order valence-corrected chi connectivity index (χ3v) is 4.01. The number of amides is 1. The van der Waals surface area contributed by atoms with E-state index in [2.05, 4.69) is 26.5 Å². The Kier molecular flexibility index (Phi) is 8.32. The third-order valence-electron chi connectivity index (χ3n) is 3.39. The van der Waals surface area contributed by atoms with Crippen LogP contribution in [0, 0.1) is 0 Å². The molecule has 1 N–H and O–H groups in total. The topological polar surface area (TPSA) is 59.9 Å². The maximum Gasteiger partial charge on any atom is 0.277 e. The summed E-state index contributed by atoms with van der Waals surface area (Å²) in [6, 6.07) is 15.2. The standard InChI is InChI=1S/C21H21BrN2O3/c1-16(8-6-7-11-17-9-4-3-5-10-17)23-24-21(25)15-27-20-13-12-18(26-2)14-19(20)22/h3-14H,15H2,1-2H3,(H,24,25)/b8-6+,11-7+,23-16+. The SMILES string of the molecule is COc1ccc(OCC(=O)N/N=C(C)/C=C/C=C/c2ccccc2)c(Br)c1. The number of nitrogens with zero attached hydrogens (tertiary/aromatic N) is 1. The average molecular weight is 429 g/mol. The number of halogens is 1. The lowest BCUT2D eigenvalue weighted by Crippen LogP contribution is -2.25. The lowest BCUT2D eigenvalue weighted by Gasteiger charge is -2.08. The van der Waals surface area contributed by atoms with Crippen LogP contribution in [0.3, 0.4) is 0 Å². The minimum Gasteiger partial charge on any atom is -0.497 e. The van der Waals surface area contributed by atoms with Crippen LogP contribution in [0.2, 0.25) is 0 Å². The van der Waals surface area contributed by atoms with Gasteiger partial charge in [-0.1, -0.05) is 48.6 Å². The second-order valence-electron chi connectivity index (χ2n) is 5.50. The molecule has 0 saturated heterocycles. The number of allylic oxidation sites excluding steroid dienone is 3. The first-order valence-corrected chi connectivity index (χ1v) is 9.07. The van der Waals surface area contributed by atoms with Crippen LogP contribution in [0.25, 0.3) is 6.08 Å². The number of methoxy groups -OCH3 is 1. The summed E-state index contributed by atoms with van der Waals surface area (Å²) in [5, 5.41) is 4.02. The summed E-state index contributed by atoms with van der Waals surface area (Å²) >= 11 is 3.37. The zero-order valence-electron chi connectivity index (χ0n) is 15.2. The van der Waals surface area contributed by atoms with Gasteiger partial charge in [-0.2, -0.15) is 5.10 Å². The first kappa shape index (κ1) is 20.5. The molecule has 0 atom stereocenters. The molecule has 2 rings (SSSR count). The lowest BCUT2D eigenvalue weighted by atomic mass is 10.2. The average Bonchev–Trinajstić information content (AvgIpc) is 2.69. The minimum atomic E-state index is -0.342. The zero-order valence-corrected chi connectivity index (χ0v) is 16.8. The first-order valence-electron chi connectivity index (χ1n) is 8.28. The molecule has 27 heavy (non-hydrogen) atoms. The van der Waals surface area contributed by atoms with Crippen molar-refractivity contribution in [3.63, 3.8) is 0 Å². The fraction of sp³-hybridized carbons (Fsp3) is 0.143. The Hall–Kier alpha value is -2.86. The van der Waals surface area contributed by atoms with Crippen LogP contribution in [0.4, 0.5) is 0 Å². The number of hydrazone groups is 1. The molecule has 140 valence electrons. The Morgan fingerprint density at radius 3 is 2.67 bits per heavy atom. The molecule has 2 aromatic carbocycles. The molecule has 1 amide bonds. The van der Waals surface area contributed by atoms with Gasteiger partial charge in [0.05, 0.1) is 17.3 Å². The lowest BCUT2D eigenvalue weighted by molar-refractivity contribution is -0.123. The molecule has 2 aromatic rings. The Bertz CT molecular complexity index is 846. The summed E-state index contributed by atoms with van der Waals surface area (Å²) in [4.78, 5) is 11.8. The van der Waals surface area contributed by atoms with Crippen molar-refractivity contribution < 1.29 is 14.3 Å². The van der Waals surface area contributed by atoms with E-state index in [-0.39, 0.29) is 12.5 Å². The van der Waals surface area contributed by atoms with E-state index in [1.54, 1.807) is 38.3 Å². The van der Waals surface area contributed by atoms with Gasteiger partial charge in [0.15, 0.2) is 6.61 Å². The van der Waals surface area contributed by atoms with E-state index in [0.29, 0.717) is 21.7 Å². The van der Waals surface area contributed by atoms with Crippen LogP contribution in [-0.4, -0.2) is 25.3 Å². The number of carbonyl (C=O) groups excluding carboxylic acids is 1. The Balaban J connectivity index is 1.78. The number of nitrogens with one attached hydrogen (secondary N) is 1. The van der Waals surface area contributed by atoms with E-state index in [0.717, 1.165) is 5.56 Å². The number of hydrogen-bond acceptors (Lipinski definition) is 4. The van der Waals surface area contributed by atoms with Crippen molar-refractivity contribution in [3.05, 3.63) is 76.8 Å². The number of benzene rings is 2. The van der Waals surface area contributed by atoms with Gasteiger partial charge in [-0.15, -0.1) is 0 Å². The molecule has 5 nitrogen and oxygen atoms in total. The summed E-state index contributed by atoms with van der Waals surface area (Å²) in [6.07, 6.45) is 7.58. The molecule has 0 bridgehead atoms. The van der Waals surface area contributed by atoms with Crippen molar-refractivity contribution >= 4 is 33.6 Å². The summed E-state index contributed by atoms with van der Waals surface area (Å²) in [5.41, 5.74) is 4.25. The maximum atomic E-state index is 11.8. The molecular weight excluding hydrogens is 408 g/mol. The van der Waals surface area contributed by atoms with Crippen molar-refractivity contribution in [1.82, 2.24) is 5.43 Å². The van der Waals surface area contributed by atoms with Gasteiger partial charge in [0, 0.05) is 0 Å². The van der Waals surface area contributed by atoms with Gasteiger partial charge in [-0.3, -0.25) is 4.79 Å². The highest BCUT2D eigenvalue weighted by Gasteiger charge is 2.06. The highest BCUT2D eigenvalue weighted by Crippen LogP contribution is 2.28. The molecule has 0 aromatic heterocycles. The Morgan fingerprint density at radius 2 is 1.96 bits per heavy atom. The summed E-state index contributed by atoms with van der Waals surface area (Å²) < 4.78 is 11.3. The highest BCUT2D eigenvalue weighted by molar-refractivity contribution is 9.10. The molecule has 0 heterocycles. The maximum absolute atomic E-state index is 11.8. The summed E-state index contributed by atoms with van der Waals surface area (Å²) in [6.45, 7) is 1.66. The van der Waals surface area contributed by atoms with Gasteiger partial charge < -0.3 is 9.47 Å². The molecule has 0 aliphatic heterocycles. The number of carbonyl (C=O) groups is 1. The summed E-state index contributed by atoms with van der Waals surface area (Å²) in [5.74, 6) is 0.912. The predicted molar refractivity (Wildman–Crippen MR) is 112 cm³/mol. The minimum absolute atomic E-state index is 0.140. The molecule has 0 spiro atoms. The second-order valence-corrected chi connectivity index (χ2v) is 6.36. The van der Waals surface area contributed by atoms with Gasteiger partial charge in [-0.25, -0.2) is 5.43 Å². The number of rotatable bonds is 8. The molecule has 0 fully saturated rings. The quantitative estimate of drug-likeness (QED) is 0.379. The smallest absolute Gasteiger partial charge is 0.277 e. The van der Waals surface area contributed by atoms with Crippen LogP contribution in [0.5, 0.6) is 11.5 Å². The largest absolute Gasteiger partial charge is 0.497 e. The van der Waals surface area contributed by atoms with Crippen LogP contribution in [0.15, 0.2) is 76.3 Å². The van der Waals surface area contributed by atoms with Crippen molar-refractivity contribution in [2.75, 3.05) is 13.7 Å². The van der Waals surface area contributed by atoms with E-state index >= 15 is 0 Å². The van der Waals surface area contributed by atoms with Crippen LogP contribution < -0.4 is 14.9 Å². The number of ether oxygens (including phenoxy) is 2. The van der Waals surface area contributed by atoms with Gasteiger partial charge in [0.2, 0.25) is 0 Å². The first-order chi connectivity index (χ1) is 13.1. The Labute approximate surface area is 167 Å². The molecular formula is C21H21BrN2O3. The molecule has 0 unspecified atom stereocenters. The van der Waals surface area contributed by atoms with E-state index < -0.39 is 0 Å². The van der Waals surface area contributed by atoms with E-state index in [9.17, 15) is 4.79 Å². The zero-order chi connectivity index (χ0) is 19.5. The van der Waals surface area contributed by atoms with Crippen LogP contribution in [-0.2, 0) is 4.79 Å². The second kappa shape index (κ2) is 11.0. The molecule has 0 saturated carbocycles. The fourth-order valence-electron chi connectivity index (χ4n) is 2.01. The van der Waals surface area contributed by atoms with E-state index in [1.807, 2.05) is 48.6 Å². The summed E-state index contributed by atoms with van der Waals surface area (Å²) in [7, 11) is 1.59. The van der Waals surface area contributed by atoms with E-state index in [4.69, 9.17) is 9.47 Å². The van der Waals surface area contributed by atoms with Gasteiger partial charge >= 0.3 is 0 Å². The van der Waals surface area contributed by atoms with Gasteiger partial charge in [0.25, 0.3) is 5.91 Å². The monoisotopic (exact) mass is 428 g/mol. The molecule has 0 aliphatic carbocycles. The van der Waals surface area contributed by atoms with Crippen molar-refractivity contribution in [3.8, 4) is 11.5 Å². The normalized spacial score (nSPS) is 11.7. The van der Waals surface area contributed by atoms with E-state index in [1.165, 1.54) is 0 Å². The highest BCUT2D eigenvalue weighted by atomic mass is 79.9. The third kappa shape index (κ3) is 7.50. The Morgan fingerprint density at radius 1 is 1.19 bits per heavy atom. The van der Waals surface area contributed by atoms with Crippen molar-refractivity contribution in [2.24, 2.45) is 5.10 Å². The molecule has 0 aliphatic rings.